The first kappa shape index (κ1) is 21.2. The molecule has 2 aliphatic heterocycles. The van der Waals surface area contributed by atoms with Crippen LogP contribution < -0.4 is 9.47 Å². The Hall–Kier alpha value is -2.09. The summed E-state index contributed by atoms with van der Waals surface area (Å²) in [6, 6.07) is 8.07. The molecule has 0 radical (unpaired) electrons. The Bertz CT molecular complexity index is 848. The van der Waals surface area contributed by atoms with Crippen molar-refractivity contribution >= 4 is 17.2 Å². The lowest BCUT2D eigenvalue weighted by Crippen LogP contribution is -2.40. The van der Waals surface area contributed by atoms with Crippen molar-refractivity contribution in [3.05, 3.63) is 45.6 Å². The van der Waals surface area contributed by atoms with Crippen LogP contribution >= 0.6 is 11.3 Å². The van der Waals surface area contributed by atoms with E-state index in [-0.39, 0.29) is 18.1 Å². The van der Waals surface area contributed by atoms with E-state index in [1.165, 1.54) is 5.56 Å². The molecule has 1 amide bonds. The summed E-state index contributed by atoms with van der Waals surface area (Å²) < 4.78 is 22.3. The highest BCUT2D eigenvalue weighted by Crippen LogP contribution is 2.42. The lowest BCUT2D eigenvalue weighted by Gasteiger charge is -2.37. The maximum Gasteiger partial charge on any atom is 0.225 e. The predicted molar refractivity (Wildman–Crippen MR) is 116 cm³/mol. The largest absolute Gasteiger partial charge is 0.493 e. The van der Waals surface area contributed by atoms with Crippen molar-refractivity contribution in [1.82, 2.24) is 4.90 Å². The molecule has 1 fully saturated rings. The Morgan fingerprint density at radius 2 is 2.10 bits per heavy atom. The Morgan fingerprint density at radius 1 is 1.27 bits per heavy atom. The van der Waals surface area contributed by atoms with Gasteiger partial charge >= 0.3 is 0 Å². The van der Waals surface area contributed by atoms with E-state index in [1.807, 2.05) is 23.1 Å². The normalized spacial score (nSPS) is 20.8. The van der Waals surface area contributed by atoms with E-state index in [4.69, 9.17) is 18.9 Å². The SMILES string of the molecule is COc1cc2c(cc1OC)C(c1cccs1)N(C(=O)CCOCC1CCCO1)CC2. The molecule has 1 aromatic heterocycles. The predicted octanol–water partition coefficient (Wildman–Crippen LogP) is 3.83. The molecule has 7 heteroatoms. The second kappa shape index (κ2) is 9.81. The molecule has 2 aromatic rings. The molecule has 162 valence electrons. The Balaban J connectivity index is 1.51. The van der Waals surface area contributed by atoms with Gasteiger partial charge in [0.15, 0.2) is 11.5 Å². The molecule has 0 N–H and O–H groups in total. The van der Waals surface area contributed by atoms with Crippen LogP contribution in [0.4, 0.5) is 0 Å². The van der Waals surface area contributed by atoms with Gasteiger partial charge in [0, 0.05) is 18.0 Å². The Morgan fingerprint density at radius 3 is 2.80 bits per heavy atom. The number of carbonyl (C=O) groups is 1. The molecule has 1 saturated heterocycles. The number of amides is 1. The highest BCUT2D eigenvalue weighted by atomic mass is 32.1. The maximum atomic E-state index is 13.2. The number of ether oxygens (including phenoxy) is 4. The fraction of sp³-hybridized carbons (Fsp3) is 0.522. The van der Waals surface area contributed by atoms with Crippen molar-refractivity contribution < 1.29 is 23.7 Å². The third-order valence-corrected chi connectivity index (χ3v) is 6.72. The van der Waals surface area contributed by atoms with Crippen LogP contribution in [0.1, 0.15) is 41.3 Å². The van der Waals surface area contributed by atoms with Crippen LogP contribution in [0.2, 0.25) is 0 Å². The number of nitrogens with zero attached hydrogens (tertiary/aromatic N) is 1. The van der Waals surface area contributed by atoms with Gasteiger partial charge < -0.3 is 23.8 Å². The van der Waals surface area contributed by atoms with Crippen LogP contribution in [-0.4, -0.2) is 57.5 Å². The number of hydrogen-bond acceptors (Lipinski definition) is 6. The fourth-order valence-electron chi connectivity index (χ4n) is 4.26. The van der Waals surface area contributed by atoms with Crippen molar-refractivity contribution in [2.45, 2.75) is 37.8 Å². The van der Waals surface area contributed by atoms with Crippen molar-refractivity contribution in [2.24, 2.45) is 0 Å². The third-order valence-electron chi connectivity index (χ3n) is 5.79. The van der Waals surface area contributed by atoms with Crippen LogP contribution in [0.15, 0.2) is 29.6 Å². The fourth-order valence-corrected chi connectivity index (χ4v) is 5.12. The molecule has 0 aliphatic carbocycles. The molecule has 0 bridgehead atoms. The zero-order chi connectivity index (χ0) is 20.9. The summed E-state index contributed by atoms with van der Waals surface area (Å²) in [7, 11) is 3.29. The van der Waals surface area contributed by atoms with Gasteiger partial charge in [-0.1, -0.05) is 6.07 Å². The number of carbonyl (C=O) groups excluding carboxylic acids is 1. The molecule has 6 nitrogen and oxygen atoms in total. The van der Waals surface area contributed by atoms with Gasteiger partial charge in [0.2, 0.25) is 5.91 Å². The van der Waals surface area contributed by atoms with E-state index < -0.39 is 0 Å². The van der Waals surface area contributed by atoms with Crippen LogP contribution in [0, 0.1) is 0 Å². The number of benzene rings is 1. The molecule has 2 unspecified atom stereocenters. The van der Waals surface area contributed by atoms with Crippen molar-refractivity contribution in [2.75, 3.05) is 40.6 Å². The molecule has 30 heavy (non-hydrogen) atoms. The molecular weight excluding hydrogens is 402 g/mol. The maximum absolute atomic E-state index is 13.2. The van der Waals surface area contributed by atoms with Gasteiger partial charge in [-0.25, -0.2) is 0 Å². The van der Waals surface area contributed by atoms with E-state index in [0.717, 1.165) is 42.1 Å². The number of fused-ring (bicyclic) bond motifs is 1. The first-order chi connectivity index (χ1) is 14.7. The van der Waals surface area contributed by atoms with Crippen LogP contribution in [-0.2, 0) is 20.7 Å². The second-order valence-electron chi connectivity index (χ2n) is 7.62. The molecule has 2 atom stereocenters. The first-order valence-corrected chi connectivity index (χ1v) is 11.4. The summed E-state index contributed by atoms with van der Waals surface area (Å²) in [6.07, 6.45) is 3.49. The third kappa shape index (κ3) is 4.48. The summed E-state index contributed by atoms with van der Waals surface area (Å²) in [5.41, 5.74) is 2.31. The number of methoxy groups -OCH3 is 2. The zero-order valence-electron chi connectivity index (χ0n) is 17.6. The van der Waals surface area contributed by atoms with Crippen molar-refractivity contribution in [3.8, 4) is 11.5 Å². The lowest BCUT2D eigenvalue weighted by atomic mass is 9.90. The Labute approximate surface area is 181 Å². The topological polar surface area (TPSA) is 57.2 Å². The molecule has 0 saturated carbocycles. The van der Waals surface area contributed by atoms with E-state index in [9.17, 15) is 4.79 Å². The van der Waals surface area contributed by atoms with Gasteiger partial charge in [-0.3, -0.25) is 4.79 Å². The number of rotatable bonds is 8. The van der Waals surface area contributed by atoms with Crippen molar-refractivity contribution in [1.29, 1.82) is 0 Å². The highest BCUT2D eigenvalue weighted by Gasteiger charge is 2.33. The van der Waals surface area contributed by atoms with E-state index in [2.05, 4.69) is 11.4 Å². The Kier molecular flexibility index (Phi) is 6.92. The first-order valence-electron chi connectivity index (χ1n) is 10.5. The average molecular weight is 432 g/mol. The summed E-state index contributed by atoms with van der Waals surface area (Å²) >= 11 is 1.67. The minimum absolute atomic E-state index is 0.112. The van der Waals surface area contributed by atoms with Gasteiger partial charge in [0.1, 0.15) is 0 Å². The summed E-state index contributed by atoms with van der Waals surface area (Å²) in [6.45, 7) is 2.49. The second-order valence-corrected chi connectivity index (χ2v) is 8.60. The smallest absolute Gasteiger partial charge is 0.225 e. The highest BCUT2D eigenvalue weighted by molar-refractivity contribution is 7.10. The minimum Gasteiger partial charge on any atom is -0.493 e. The van der Waals surface area contributed by atoms with Crippen LogP contribution in [0.5, 0.6) is 11.5 Å². The molecular formula is C23H29NO5S. The average Bonchev–Trinajstić information content (AvgIpc) is 3.49. The molecule has 0 spiro atoms. The van der Waals surface area contributed by atoms with E-state index in [0.29, 0.717) is 31.9 Å². The van der Waals surface area contributed by atoms with Crippen LogP contribution in [0.25, 0.3) is 0 Å². The van der Waals surface area contributed by atoms with Gasteiger partial charge in [0.05, 0.1) is 46.0 Å². The summed E-state index contributed by atoms with van der Waals surface area (Å²) in [5, 5.41) is 2.05. The van der Waals surface area contributed by atoms with Gasteiger partial charge in [-0.2, -0.15) is 0 Å². The summed E-state index contributed by atoms with van der Waals surface area (Å²) in [4.78, 5) is 16.3. The molecule has 4 rings (SSSR count). The van der Waals surface area contributed by atoms with E-state index in [1.54, 1.807) is 25.6 Å². The molecule has 2 aliphatic rings. The van der Waals surface area contributed by atoms with Crippen molar-refractivity contribution in [3.63, 3.8) is 0 Å². The standard InChI is InChI=1S/C23H29NO5S/c1-26-19-13-16-7-9-24(22(25)8-11-28-15-17-5-3-10-29-17)23(21-6-4-12-30-21)18(16)14-20(19)27-2/h4,6,12-14,17,23H,3,5,7-11,15H2,1-2H3. The van der Waals surface area contributed by atoms with Gasteiger partial charge in [-0.05, 0) is 54.0 Å². The lowest BCUT2D eigenvalue weighted by molar-refractivity contribution is -0.134. The molecule has 3 heterocycles. The monoisotopic (exact) mass is 431 g/mol. The zero-order valence-corrected chi connectivity index (χ0v) is 18.4. The van der Waals surface area contributed by atoms with Crippen LogP contribution in [0.3, 0.4) is 0 Å². The summed E-state index contributed by atoms with van der Waals surface area (Å²) in [5.74, 6) is 1.52. The van der Waals surface area contributed by atoms with Gasteiger partial charge in [-0.15, -0.1) is 11.3 Å². The van der Waals surface area contributed by atoms with Gasteiger partial charge in [0.25, 0.3) is 0 Å². The number of thiophene rings is 1. The molecule has 1 aromatic carbocycles. The minimum atomic E-state index is -0.112. The number of hydrogen-bond donors (Lipinski definition) is 0. The quantitative estimate of drug-likeness (QED) is 0.595. The van der Waals surface area contributed by atoms with E-state index >= 15 is 0 Å².